The zero-order valence-corrected chi connectivity index (χ0v) is 11.4. The standard InChI is InChI=1S/C13H15F2N5O/c1-8(9-2-3-11(14)12(15)4-9)17-13(21)7-20-6-10(5-16)18-19-20/h2-4,6,8H,5,7,16H2,1H3,(H,17,21). The van der Waals surface area contributed by atoms with Gasteiger partial charge in [0.2, 0.25) is 5.91 Å². The summed E-state index contributed by atoms with van der Waals surface area (Å²) < 4.78 is 27.4. The molecule has 0 aliphatic heterocycles. The molecule has 6 nitrogen and oxygen atoms in total. The number of carbonyl (C=O) groups is 1. The molecule has 0 aliphatic rings. The minimum atomic E-state index is -0.947. The van der Waals surface area contributed by atoms with Crippen LogP contribution in [0.2, 0.25) is 0 Å². The molecule has 0 bridgehead atoms. The van der Waals surface area contributed by atoms with Crippen molar-refractivity contribution in [2.45, 2.75) is 26.1 Å². The summed E-state index contributed by atoms with van der Waals surface area (Å²) >= 11 is 0. The third-order valence-corrected chi connectivity index (χ3v) is 2.92. The summed E-state index contributed by atoms with van der Waals surface area (Å²) in [4.78, 5) is 11.8. The van der Waals surface area contributed by atoms with E-state index in [0.717, 1.165) is 12.1 Å². The van der Waals surface area contributed by atoms with Crippen molar-refractivity contribution in [3.63, 3.8) is 0 Å². The van der Waals surface area contributed by atoms with Crippen LogP contribution in [-0.4, -0.2) is 20.9 Å². The molecule has 0 saturated carbocycles. The largest absolute Gasteiger partial charge is 0.348 e. The first kappa shape index (κ1) is 15.0. The number of rotatable bonds is 5. The molecule has 8 heteroatoms. The van der Waals surface area contributed by atoms with Crippen molar-refractivity contribution in [3.8, 4) is 0 Å². The van der Waals surface area contributed by atoms with Gasteiger partial charge in [-0.1, -0.05) is 11.3 Å². The van der Waals surface area contributed by atoms with Gasteiger partial charge in [0.1, 0.15) is 6.54 Å². The number of halogens is 2. The molecule has 1 aromatic carbocycles. The molecular formula is C13H15F2N5O. The van der Waals surface area contributed by atoms with Crippen LogP contribution in [0.15, 0.2) is 24.4 Å². The number of aromatic nitrogens is 3. The smallest absolute Gasteiger partial charge is 0.242 e. The normalized spacial score (nSPS) is 12.2. The lowest BCUT2D eigenvalue weighted by Crippen LogP contribution is -2.30. The van der Waals surface area contributed by atoms with E-state index in [-0.39, 0.29) is 19.0 Å². The molecule has 0 radical (unpaired) electrons. The number of nitrogens with zero attached hydrogens (tertiary/aromatic N) is 3. The van der Waals surface area contributed by atoms with Crippen LogP contribution in [0.4, 0.5) is 8.78 Å². The van der Waals surface area contributed by atoms with E-state index in [1.54, 1.807) is 13.1 Å². The van der Waals surface area contributed by atoms with Crippen molar-refractivity contribution in [2.24, 2.45) is 5.73 Å². The molecule has 3 N–H and O–H groups in total. The summed E-state index contributed by atoms with van der Waals surface area (Å²) in [6.07, 6.45) is 1.57. The molecule has 0 fully saturated rings. The highest BCUT2D eigenvalue weighted by Gasteiger charge is 2.13. The van der Waals surface area contributed by atoms with Crippen molar-refractivity contribution in [3.05, 3.63) is 47.3 Å². The van der Waals surface area contributed by atoms with Crippen molar-refractivity contribution < 1.29 is 13.6 Å². The summed E-state index contributed by atoms with van der Waals surface area (Å²) in [5, 5.41) is 10.2. The van der Waals surface area contributed by atoms with Crippen molar-refractivity contribution >= 4 is 5.91 Å². The van der Waals surface area contributed by atoms with Crippen LogP contribution >= 0.6 is 0 Å². The Balaban J connectivity index is 1.96. The predicted molar refractivity (Wildman–Crippen MR) is 70.8 cm³/mol. The van der Waals surface area contributed by atoms with Gasteiger partial charge in [-0.25, -0.2) is 13.5 Å². The molecule has 2 aromatic rings. The Kier molecular flexibility index (Phi) is 4.59. The second-order valence-electron chi connectivity index (χ2n) is 4.57. The number of nitrogens with one attached hydrogen (secondary N) is 1. The number of amides is 1. The molecule has 1 aromatic heterocycles. The highest BCUT2D eigenvalue weighted by Crippen LogP contribution is 2.15. The van der Waals surface area contributed by atoms with Gasteiger partial charge in [0.05, 0.1) is 17.9 Å². The molecule has 0 spiro atoms. The van der Waals surface area contributed by atoms with Crippen LogP contribution in [0.25, 0.3) is 0 Å². The molecule has 0 saturated heterocycles. The molecule has 2 rings (SSSR count). The van der Waals surface area contributed by atoms with E-state index in [4.69, 9.17) is 5.73 Å². The Morgan fingerprint density at radius 2 is 2.19 bits per heavy atom. The zero-order valence-electron chi connectivity index (χ0n) is 11.4. The van der Waals surface area contributed by atoms with Crippen LogP contribution < -0.4 is 11.1 Å². The van der Waals surface area contributed by atoms with Gasteiger partial charge in [0, 0.05) is 6.54 Å². The monoisotopic (exact) mass is 295 g/mol. The first-order valence-corrected chi connectivity index (χ1v) is 6.33. The Bertz CT molecular complexity index is 643. The van der Waals surface area contributed by atoms with Crippen molar-refractivity contribution in [1.82, 2.24) is 20.3 Å². The first-order valence-electron chi connectivity index (χ1n) is 6.33. The van der Waals surface area contributed by atoms with Crippen LogP contribution in [0.3, 0.4) is 0 Å². The molecule has 112 valence electrons. The molecule has 1 unspecified atom stereocenters. The van der Waals surface area contributed by atoms with Gasteiger partial charge < -0.3 is 11.1 Å². The van der Waals surface area contributed by atoms with Crippen molar-refractivity contribution in [2.75, 3.05) is 0 Å². The lowest BCUT2D eigenvalue weighted by atomic mass is 10.1. The van der Waals surface area contributed by atoms with Gasteiger partial charge in [-0.05, 0) is 24.6 Å². The highest BCUT2D eigenvalue weighted by atomic mass is 19.2. The van der Waals surface area contributed by atoms with E-state index in [1.807, 2.05) is 0 Å². The fraction of sp³-hybridized carbons (Fsp3) is 0.308. The quantitative estimate of drug-likeness (QED) is 0.858. The van der Waals surface area contributed by atoms with E-state index in [2.05, 4.69) is 15.6 Å². The second kappa shape index (κ2) is 6.40. The average molecular weight is 295 g/mol. The third kappa shape index (κ3) is 3.82. The van der Waals surface area contributed by atoms with Crippen LogP contribution in [-0.2, 0) is 17.9 Å². The Labute approximate surface area is 119 Å². The molecule has 1 atom stereocenters. The van der Waals surface area contributed by atoms with Crippen LogP contribution in [0, 0.1) is 11.6 Å². The third-order valence-electron chi connectivity index (χ3n) is 2.92. The average Bonchev–Trinajstić information content (AvgIpc) is 2.89. The van der Waals surface area contributed by atoms with Gasteiger partial charge in [0.15, 0.2) is 11.6 Å². The summed E-state index contributed by atoms with van der Waals surface area (Å²) in [7, 11) is 0. The number of benzene rings is 1. The Morgan fingerprint density at radius 1 is 1.43 bits per heavy atom. The van der Waals surface area contributed by atoms with E-state index in [9.17, 15) is 13.6 Å². The maximum atomic E-state index is 13.1. The first-order chi connectivity index (χ1) is 9.99. The number of hydrogen-bond acceptors (Lipinski definition) is 4. The van der Waals surface area contributed by atoms with Crippen LogP contribution in [0.5, 0.6) is 0 Å². The summed E-state index contributed by atoms with van der Waals surface area (Å²) in [6, 6.07) is 3.05. The van der Waals surface area contributed by atoms with Crippen LogP contribution in [0.1, 0.15) is 24.2 Å². The van der Waals surface area contributed by atoms with Gasteiger partial charge in [0.25, 0.3) is 0 Å². The Morgan fingerprint density at radius 3 is 2.81 bits per heavy atom. The fourth-order valence-electron chi connectivity index (χ4n) is 1.81. The lowest BCUT2D eigenvalue weighted by molar-refractivity contribution is -0.122. The topological polar surface area (TPSA) is 85.8 Å². The van der Waals surface area contributed by atoms with E-state index in [0.29, 0.717) is 11.3 Å². The molecule has 21 heavy (non-hydrogen) atoms. The number of nitrogens with two attached hydrogens (primary N) is 1. The molecule has 1 amide bonds. The number of hydrogen-bond donors (Lipinski definition) is 2. The van der Waals surface area contributed by atoms with E-state index < -0.39 is 17.7 Å². The van der Waals surface area contributed by atoms with Gasteiger partial charge in [-0.15, -0.1) is 5.10 Å². The minimum Gasteiger partial charge on any atom is -0.348 e. The minimum absolute atomic E-state index is 0.0268. The number of carbonyl (C=O) groups excluding carboxylic acids is 1. The van der Waals surface area contributed by atoms with E-state index >= 15 is 0 Å². The SMILES string of the molecule is CC(NC(=O)Cn1cc(CN)nn1)c1ccc(F)c(F)c1. The summed E-state index contributed by atoms with van der Waals surface area (Å²) in [5.74, 6) is -2.19. The van der Waals surface area contributed by atoms with Crippen molar-refractivity contribution in [1.29, 1.82) is 0 Å². The summed E-state index contributed by atoms with van der Waals surface area (Å²) in [6.45, 7) is 1.89. The second-order valence-corrected chi connectivity index (χ2v) is 4.57. The molecular weight excluding hydrogens is 280 g/mol. The van der Waals surface area contributed by atoms with Gasteiger partial charge >= 0.3 is 0 Å². The lowest BCUT2D eigenvalue weighted by Gasteiger charge is -2.14. The molecule has 0 aliphatic carbocycles. The highest BCUT2D eigenvalue weighted by molar-refractivity contribution is 5.76. The fourth-order valence-corrected chi connectivity index (χ4v) is 1.81. The summed E-state index contributed by atoms with van der Waals surface area (Å²) in [5.41, 5.74) is 6.45. The zero-order chi connectivity index (χ0) is 15.4. The maximum absolute atomic E-state index is 13.1. The Hall–Kier alpha value is -2.35. The van der Waals surface area contributed by atoms with Gasteiger partial charge in [-0.2, -0.15) is 0 Å². The van der Waals surface area contributed by atoms with Gasteiger partial charge in [-0.3, -0.25) is 4.79 Å². The van der Waals surface area contributed by atoms with E-state index in [1.165, 1.54) is 10.7 Å². The molecule has 1 heterocycles. The maximum Gasteiger partial charge on any atom is 0.242 e. The predicted octanol–water partition coefficient (Wildman–Crippen LogP) is 0.892.